The number of hydrogen-bond donors (Lipinski definition) is 3. The molecule has 0 aromatic carbocycles. The van der Waals surface area contributed by atoms with Gasteiger partial charge in [-0.05, 0) is 0 Å². The Labute approximate surface area is 72.8 Å². The molecule has 2 atom stereocenters. The zero-order chi connectivity index (χ0) is 9.30. The van der Waals surface area contributed by atoms with Crippen molar-refractivity contribution in [3.8, 4) is 0 Å². The predicted molar refractivity (Wildman–Crippen MR) is 38.5 cm³/mol. The van der Waals surface area contributed by atoms with Crippen LogP contribution in [0.25, 0.3) is 0 Å². The van der Waals surface area contributed by atoms with E-state index in [1.165, 1.54) is 0 Å². The average molecular weight is 195 g/mol. The van der Waals surface area contributed by atoms with Crippen LogP contribution in [0.3, 0.4) is 0 Å². The number of rotatable bonds is 2. The van der Waals surface area contributed by atoms with Crippen LogP contribution in [-0.4, -0.2) is 40.1 Å². The largest absolute Gasteiger partial charge is 0.507 e. The van der Waals surface area contributed by atoms with Crippen LogP contribution in [0, 0.1) is 0 Å². The molecule has 0 aromatic rings. The normalized spacial score (nSPS) is 25.9. The Hall–Kier alpha value is -0.780. The second-order valence-electron chi connectivity index (χ2n) is 2.28. The summed E-state index contributed by atoms with van der Waals surface area (Å²) in [6.45, 7) is -0.619. The van der Waals surface area contributed by atoms with Gasteiger partial charge in [-0.3, -0.25) is 0 Å². The van der Waals surface area contributed by atoms with Gasteiger partial charge in [0, 0.05) is 0 Å². The minimum atomic E-state index is -1.34. The van der Waals surface area contributed by atoms with Crippen molar-refractivity contribution in [3.05, 3.63) is 10.8 Å². The fraction of sp³-hybridized carbons (Fsp3) is 0.500. The van der Waals surface area contributed by atoms with Gasteiger partial charge in [0.15, 0.2) is 16.9 Å². The quantitative estimate of drug-likeness (QED) is 0.505. The molecule has 3 N–H and O–H groups in total. The number of halogens is 1. The fourth-order valence-electron chi connectivity index (χ4n) is 0.809. The monoisotopic (exact) mass is 194 g/mol. The Morgan fingerprint density at radius 2 is 2.25 bits per heavy atom. The van der Waals surface area contributed by atoms with Crippen LogP contribution in [0.1, 0.15) is 0 Å². The molecule has 1 heterocycles. The average Bonchev–Trinajstić information content (AvgIpc) is 2.32. The first-order valence-corrected chi connectivity index (χ1v) is 3.54. The van der Waals surface area contributed by atoms with E-state index in [0.29, 0.717) is 0 Å². The third-order valence-corrected chi connectivity index (χ3v) is 1.79. The van der Waals surface area contributed by atoms with E-state index in [1.54, 1.807) is 0 Å². The Bertz CT molecular complexity index is 236. The van der Waals surface area contributed by atoms with Gasteiger partial charge >= 0.3 is 5.97 Å². The van der Waals surface area contributed by atoms with E-state index in [4.69, 9.17) is 26.9 Å². The van der Waals surface area contributed by atoms with E-state index in [9.17, 15) is 4.79 Å². The maximum absolute atomic E-state index is 10.7. The first-order chi connectivity index (χ1) is 5.57. The summed E-state index contributed by atoms with van der Waals surface area (Å²) in [5, 5.41) is 26.1. The van der Waals surface area contributed by atoms with Crippen molar-refractivity contribution in [3.63, 3.8) is 0 Å². The second kappa shape index (κ2) is 3.30. The molecule has 6 heteroatoms. The maximum atomic E-state index is 10.7. The molecule has 68 valence electrons. The lowest BCUT2D eigenvalue weighted by molar-refractivity contribution is -0.145. The number of aliphatic hydroxyl groups is 3. The summed E-state index contributed by atoms with van der Waals surface area (Å²) < 4.78 is 4.43. The summed E-state index contributed by atoms with van der Waals surface area (Å²) in [4.78, 5) is 10.7. The summed E-state index contributed by atoms with van der Waals surface area (Å²) in [6.07, 6.45) is -2.58. The van der Waals surface area contributed by atoms with Gasteiger partial charge in [0.1, 0.15) is 6.10 Å². The van der Waals surface area contributed by atoms with E-state index < -0.39 is 35.6 Å². The molecular formula is C6H7ClO5. The molecule has 0 saturated heterocycles. The molecule has 0 aliphatic carbocycles. The molecule has 1 aliphatic rings. The summed E-state index contributed by atoms with van der Waals surface area (Å²) in [5.41, 5.74) is 0. The molecule has 0 fully saturated rings. The molecule has 0 amide bonds. The Kier molecular flexibility index (Phi) is 2.56. The topological polar surface area (TPSA) is 87.0 Å². The van der Waals surface area contributed by atoms with Gasteiger partial charge in [-0.1, -0.05) is 11.6 Å². The fourth-order valence-corrected chi connectivity index (χ4v) is 0.961. The van der Waals surface area contributed by atoms with Crippen LogP contribution < -0.4 is 0 Å². The Morgan fingerprint density at radius 1 is 1.67 bits per heavy atom. The third-order valence-electron chi connectivity index (χ3n) is 1.44. The van der Waals surface area contributed by atoms with Crippen molar-refractivity contribution >= 4 is 17.6 Å². The molecule has 0 radical (unpaired) electrons. The summed E-state index contributed by atoms with van der Waals surface area (Å²) >= 11 is 5.27. The lowest BCUT2D eigenvalue weighted by Crippen LogP contribution is -2.31. The van der Waals surface area contributed by atoms with Gasteiger partial charge in [0.05, 0.1) is 6.61 Å². The summed E-state index contributed by atoms with van der Waals surface area (Å²) in [7, 11) is 0. The number of hydrogen-bond acceptors (Lipinski definition) is 5. The van der Waals surface area contributed by atoms with Crippen molar-refractivity contribution in [2.75, 3.05) is 6.61 Å². The first kappa shape index (κ1) is 9.31. The number of cyclic esters (lactones) is 1. The zero-order valence-electron chi connectivity index (χ0n) is 5.90. The van der Waals surface area contributed by atoms with Gasteiger partial charge in [-0.15, -0.1) is 0 Å². The highest BCUT2D eigenvalue weighted by atomic mass is 35.5. The maximum Gasteiger partial charge on any atom is 0.354 e. The highest BCUT2D eigenvalue weighted by Gasteiger charge is 2.37. The van der Waals surface area contributed by atoms with Crippen LogP contribution in [0.15, 0.2) is 10.8 Å². The second-order valence-corrected chi connectivity index (χ2v) is 2.65. The van der Waals surface area contributed by atoms with Crippen LogP contribution in [0.4, 0.5) is 0 Å². The predicted octanol–water partition coefficient (Wildman–Crippen LogP) is -0.727. The van der Waals surface area contributed by atoms with E-state index in [-0.39, 0.29) is 0 Å². The van der Waals surface area contributed by atoms with E-state index in [1.807, 2.05) is 0 Å². The SMILES string of the molecule is O=C1O[C@H]([C@@H](O)CO)C(O)=C1Cl. The van der Waals surface area contributed by atoms with Crippen LogP contribution in [0.2, 0.25) is 0 Å². The molecule has 0 saturated carbocycles. The van der Waals surface area contributed by atoms with E-state index >= 15 is 0 Å². The Morgan fingerprint density at radius 3 is 2.58 bits per heavy atom. The standard InChI is InChI=1S/C6H7ClO5/c7-3-4(10)5(2(9)1-8)12-6(3)11/h2,5,8-10H,1H2/t2-,5+/m0/s1. The molecular weight excluding hydrogens is 188 g/mol. The lowest BCUT2D eigenvalue weighted by atomic mass is 10.2. The summed E-state index contributed by atoms with van der Waals surface area (Å²) in [5.74, 6) is -1.44. The van der Waals surface area contributed by atoms with Crippen molar-refractivity contribution in [2.24, 2.45) is 0 Å². The van der Waals surface area contributed by atoms with Crippen LogP contribution in [0.5, 0.6) is 0 Å². The number of ether oxygens (including phenoxy) is 1. The number of aliphatic hydroxyl groups excluding tert-OH is 3. The van der Waals surface area contributed by atoms with Gasteiger partial charge in [0.2, 0.25) is 0 Å². The van der Waals surface area contributed by atoms with Crippen molar-refractivity contribution < 1.29 is 24.9 Å². The highest BCUT2D eigenvalue weighted by Crippen LogP contribution is 2.25. The molecule has 5 nitrogen and oxygen atoms in total. The summed E-state index contributed by atoms with van der Waals surface area (Å²) in [6, 6.07) is 0. The molecule has 0 bridgehead atoms. The number of carbonyl (C=O) groups excluding carboxylic acids is 1. The first-order valence-electron chi connectivity index (χ1n) is 3.16. The third kappa shape index (κ3) is 1.38. The smallest absolute Gasteiger partial charge is 0.354 e. The van der Waals surface area contributed by atoms with Crippen molar-refractivity contribution in [1.29, 1.82) is 0 Å². The molecule has 12 heavy (non-hydrogen) atoms. The zero-order valence-corrected chi connectivity index (χ0v) is 6.65. The molecule has 1 rings (SSSR count). The highest BCUT2D eigenvalue weighted by molar-refractivity contribution is 6.42. The van der Waals surface area contributed by atoms with Crippen LogP contribution >= 0.6 is 11.6 Å². The number of esters is 1. The van der Waals surface area contributed by atoms with Crippen molar-refractivity contribution in [1.82, 2.24) is 0 Å². The van der Waals surface area contributed by atoms with Gasteiger partial charge < -0.3 is 20.1 Å². The number of carbonyl (C=O) groups is 1. The Balaban J connectivity index is 2.80. The van der Waals surface area contributed by atoms with Gasteiger partial charge in [0.25, 0.3) is 0 Å². The molecule has 0 spiro atoms. The van der Waals surface area contributed by atoms with Gasteiger partial charge in [-0.2, -0.15) is 0 Å². The van der Waals surface area contributed by atoms with Gasteiger partial charge in [-0.25, -0.2) is 4.79 Å². The van der Waals surface area contributed by atoms with Crippen LogP contribution in [-0.2, 0) is 9.53 Å². The van der Waals surface area contributed by atoms with E-state index in [0.717, 1.165) is 0 Å². The minimum absolute atomic E-state index is 0.451. The minimum Gasteiger partial charge on any atom is -0.507 e. The molecule has 0 aromatic heterocycles. The lowest BCUT2D eigenvalue weighted by Gasteiger charge is -2.14. The molecule has 1 aliphatic heterocycles. The van der Waals surface area contributed by atoms with Crippen molar-refractivity contribution in [2.45, 2.75) is 12.2 Å². The molecule has 0 unspecified atom stereocenters. The van der Waals surface area contributed by atoms with E-state index in [2.05, 4.69) is 4.74 Å².